The van der Waals surface area contributed by atoms with Crippen molar-refractivity contribution in [2.45, 2.75) is 26.7 Å². The van der Waals surface area contributed by atoms with E-state index in [0.29, 0.717) is 12.1 Å². The molecule has 0 spiro atoms. The number of pyridine rings is 1. The Morgan fingerprint density at radius 2 is 1.88 bits per heavy atom. The van der Waals surface area contributed by atoms with Gasteiger partial charge in [0.2, 0.25) is 0 Å². The summed E-state index contributed by atoms with van der Waals surface area (Å²) in [7, 11) is 0. The molecule has 0 fully saturated rings. The van der Waals surface area contributed by atoms with Gasteiger partial charge in [-0.15, -0.1) is 0 Å². The van der Waals surface area contributed by atoms with Gasteiger partial charge in [0.15, 0.2) is 0 Å². The van der Waals surface area contributed by atoms with E-state index in [-0.39, 0.29) is 5.91 Å². The highest BCUT2D eigenvalue weighted by Crippen LogP contribution is 2.25. The number of unbranched alkanes of at least 4 members (excludes halogenated alkanes) is 1. The van der Waals surface area contributed by atoms with E-state index >= 15 is 0 Å². The molecule has 3 heteroatoms. The van der Waals surface area contributed by atoms with Crippen molar-refractivity contribution in [2.75, 3.05) is 6.54 Å². The third-order valence-electron chi connectivity index (χ3n) is 4.09. The molecule has 0 aliphatic rings. The molecule has 0 unspecified atom stereocenters. The summed E-state index contributed by atoms with van der Waals surface area (Å²) in [6.45, 7) is 4.85. The fourth-order valence-electron chi connectivity index (χ4n) is 2.76. The summed E-state index contributed by atoms with van der Waals surface area (Å²) in [6.07, 6.45) is 2.05. The molecule has 0 atom stereocenters. The second kappa shape index (κ2) is 7.26. The van der Waals surface area contributed by atoms with Crippen LogP contribution in [0.1, 0.15) is 35.7 Å². The number of carbonyl (C=O) groups excluding carboxylic acids is 1. The number of nitrogens with one attached hydrogen (secondary N) is 1. The normalized spacial score (nSPS) is 10.8. The summed E-state index contributed by atoms with van der Waals surface area (Å²) in [4.78, 5) is 17.4. The van der Waals surface area contributed by atoms with Crippen LogP contribution in [0.2, 0.25) is 0 Å². The van der Waals surface area contributed by atoms with E-state index in [1.54, 1.807) is 0 Å². The van der Waals surface area contributed by atoms with Gasteiger partial charge in [-0.1, -0.05) is 55.3 Å². The topological polar surface area (TPSA) is 42.0 Å². The zero-order chi connectivity index (χ0) is 16.9. The van der Waals surface area contributed by atoms with Crippen LogP contribution in [0.5, 0.6) is 0 Å². The largest absolute Gasteiger partial charge is 0.352 e. The Balaban J connectivity index is 2.10. The average Bonchev–Trinajstić information content (AvgIpc) is 2.61. The number of nitrogens with zero attached hydrogens (tertiary/aromatic N) is 1. The Morgan fingerprint density at radius 3 is 2.62 bits per heavy atom. The average molecular weight is 318 g/mol. The van der Waals surface area contributed by atoms with Gasteiger partial charge in [0.1, 0.15) is 0 Å². The fourth-order valence-corrected chi connectivity index (χ4v) is 2.76. The second-order valence-electron chi connectivity index (χ2n) is 6.05. The molecule has 0 radical (unpaired) electrons. The monoisotopic (exact) mass is 318 g/mol. The van der Waals surface area contributed by atoms with E-state index in [4.69, 9.17) is 4.98 Å². The predicted octanol–water partition coefficient (Wildman–Crippen LogP) is 4.74. The van der Waals surface area contributed by atoms with Gasteiger partial charge in [0.25, 0.3) is 5.91 Å². The molecule has 122 valence electrons. The molecule has 24 heavy (non-hydrogen) atoms. The van der Waals surface area contributed by atoms with Crippen molar-refractivity contribution in [3.05, 3.63) is 65.7 Å². The zero-order valence-electron chi connectivity index (χ0n) is 14.2. The van der Waals surface area contributed by atoms with Crippen molar-refractivity contribution >= 4 is 16.8 Å². The smallest absolute Gasteiger partial charge is 0.252 e. The van der Waals surface area contributed by atoms with Crippen molar-refractivity contribution in [1.29, 1.82) is 0 Å². The highest BCUT2D eigenvalue weighted by Gasteiger charge is 2.13. The summed E-state index contributed by atoms with van der Waals surface area (Å²) < 4.78 is 0. The number of amides is 1. The Morgan fingerprint density at radius 1 is 1.08 bits per heavy atom. The highest BCUT2D eigenvalue weighted by atomic mass is 16.1. The lowest BCUT2D eigenvalue weighted by Gasteiger charge is -2.11. The van der Waals surface area contributed by atoms with Crippen LogP contribution >= 0.6 is 0 Å². The van der Waals surface area contributed by atoms with Crippen LogP contribution in [0.25, 0.3) is 22.2 Å². The summed E-state index contributed by atoms with van der Waals surface area (Å²) in [5.41, 5.74) is 4.51. The third-order valence-corrected chi connectivity index (χ3v) is 4.09. The molecule has 0 saturated heterocycles. The molecule has 0 aliphatic carbocycles. The third kappa shape index (κ3) is 3.46. The molecule has 0 aliphatic heterocycles. The van der Waals surface area contributed by atoms with Gasteiger partial charge in [0, 0.05) is 17.5 Å². The van der Waals surface area contributed by atoms with Crippen LogP contribution in [-0.2, 0) is 0 Å². The number of benzene rings is 2. The molecule has 0 bridgehead atoms. The quantitative estimate of drug-likeness (QED) is 0.690. The maximum atomic E-state index is 12.7. The first-order valence-electron chi connectivity index (χ1n) is 8.44. The number of hydrogen-bond donors (Lipinski definition) is 1. The van der Waals surface area contributed by atoms with E-state index < -0.39 is 0 Å². The lowest BCUT2D eigenvalue weighted by Crippen LogP contribution is -2.24. The predicted molar refractivity (Wildman–Crippen MR) is 99.2 cm³/mol. The number of aromatic nitrogens is 1. The van der Waals surface area contributed by atoms with Crippen LogP contribution in [0, 0.1) is 6.92 Å². The Kier molecular flexibility index (Phi) is 4.90. The van der Waals surface area contributed by atoms with Crippen LogP contribution < -0.4 is 5.32 Å². The van der Waals surface area contributed by atoms with Gasteiger partial charge < -0.3 is 5.32 Å². The molecule has 3 rings (SSSR count). The van der Waals surface area contributed by atoms with Crippen LogP contribution in [0.15, 0.2) is 54.6 Å². The first-order chi connectivity index (χ1) is 11.7. The maximum absolute atomic E-state index is 12.7. The number of rotatable bonds is 5. The molecule has 1 heterocycles. The summed E-state index contributed by atoms with van der Waals surface area (Å²) in [6, 6.07) is 17.9. The van der Waals surface area contributed by atoms with Crippen LogP contribution in [0.4, 0.5) is 0 Å². The second-order valence-corrected chi connectivity index (χ2v) is 6.05. The van der Waals surface area contributed by atoms with Crippen molar-refractivity contribution < 1.29 is 4.79 Å². The van der Waals surface area contributed by atoms with Gasteiger partial charge in [0.05, 0.1) is 16.8 Å². The van der Waals surface area contributed by atoms with Crippen molar-refractivity contribution in [3.63, 3.8) is 0 Å². The molecule has 0 saturated carbocycles. The van der Waals surface area contributed by atoms with Gasteiger partial charge >= 0.3 is 0 Å². The summed E-state index contributed by atoms with van der Waals surface area (Å²) in [5, 5.41) is 3.93. The Hall–Kier alpha value is -2.68. The summed E-state index contributed by atoms with van der Waals surface area (Å²) in [5.74, 6) is -0.0290. The first kappa shape index (κ1) is 16.2. The lowest BCUT2D eigenvalue weighted by atomic mass is 10.0. The van der Waals surface area contributed by atoms with Gasteiger partial charge in [-0.2, -0.15) is 0 Å². The van der Waals surface area contributed by atoms with E-state index in [9.17, 15) is 4.79 Å². The zero-order valence-corrected chi connectivity index (χ0v) is 14.2. The van der Waals surface area contributed by atoms with Crippen molar-refractivity contribution in [3.8, 4) is 11.3 Å². The number of hydrogen-bond acceptors (Lipinski definition) is 2. The standard InChI is InChI=1S/C21H22N2O/c1-3-4-12-22-21(24)18-14-20(16-8-6-5-7-9-16)23-19-11-10-15(2)13-17(18)19/h5-11,13-14H,3-4,12H2,1-2H3,(H,22,24). The minimum absolute atomic E-state index is 0.0290. The van der Waals surface area contributed by atoms with Gasteiger partial charge in [-0.05, 0) is 31.5 Å². The SMILES string of the molecule is CCCCNC(=O)c1cc(-c2ccccc2)nc2ccc(C)cc12. The highest BCUT2D eigenvalue weighted by molar-refractivity contribution is 6.07. The minimum Gasteiger partial charge on any atom is -0.352 e. The Bertz CT molecular complexity index is 856. The molecule has 2 aromatic carbocycles. The molecule has 3 aromatic rings. The van der Waals surface area contributed by atoms with E-state index in [2.05, 4.69) is 12.2 Å². The molecule has 1 amide bonds. The van der Waals surface area contributed by atoms with Gasteiger partial charge in [-0.25, -0.2) is 4.98 Å². The van der Waals surface area contributed by atoms with Crippen LogP contribution in [-0.4, -0.2) is 17.4 Å². The lowest BCUT2D eigenvalue weighted by molar-refractivity contribution is 0.0955. The van der Waals surface area contributed by atoms with Crippen molar-refractivity contribution in [1.82, 2.24) is 10.3 Å². The minimum atomic E-state index is -0.0290. The fraction of sp³-hybridized carbons (Fsp3) is 0.238. The number of aryl methyl sites for hydroxylation is 1. The molecule has 3 nitrogen and oxygen atoms in total. The van der Waals surface area contributed by atoms with E-state index in [0.717, 1.165) is 40.6 Å². The van der Waals surface area contributed by atoms with Crippen LogP contribution in [0.3, 0.4) is 0 Å². The number of fused-ring (bicyclic) bond motifs is 1. The van der Waals surface area contributed by atoms with E-state index in [1.807, 2.05) is 61.5 Å². The molecule has 1 N–H and O–H groups in total. The molecular weight excluding hydrogens is 296 g/mol. The molecular formula is C21H22N2O. The maximum Gasteiger partial charge on any atom is 0.252 e. The van der Waals surface area contributed by atoms with Gasteiger partial charge in [-0.3, -0.25) is 4.79 Å². The first-order valence-corrected chi connectivity index (χ1v) is 8.44. The Labute approximate surface area is 142 Å². The van der Waals surface area contributed by atoms with Crippen molar-refractivity contribution in [2.24, 2.45) is 0 Å². The number of carbonyl (C=O) groups is 1. The van der Waals surface area contributed by atoms with E-state index in [1.165, 1.54) is 0 Å². The summed E-state index contributed by atoms with van der Waals surface area (Å²) >= 11 is 0. The molecule has 1 aromatic heterocycles.